The van der Waals surface area contributed by atoms with Gasteiger partial charge in [-0.3, -0.25) is 9.48 Å². The first-order valence-electron chi connectivity index (χ1n) is 6.12. The van der Waals surface area contributed by atoms with E-state index in [4.69, 9.17) is 5.26 Å². The molecule has 98 valence electrons. The van der Waals surface area contributed by atoms with Crippen molar-refractivity contribution in [1.29, 1.82) is 5.26 Å². The largest absolute Gasteiger partial charge is 0.337 e. The molecule has 5 nitrogen and oxygen atoms in total. The normalized spacial score (nSPS) is 10.4. The predicted octanol–water partition coefficient (Wildman–Crippen LogP) is 1.74. The number of amides is 1. The standard InChI is InChI=1S/C13H20N4O/c1-10(2)8-17(7-5-6-14)13(18)12-9-16(4)15-11(12)3/h9-10H,5,7-8H2,1-4H3. The van der Waals surface area contributed by atoms with Crippen LogP contribution in [0.1, 0.15) is 36.3 Å². The summed E-state index contributed by atoms with van der Waals surface area (Å²) in [7, 11) is 1.80. The number of carbonyl (C=O) groups is 1. The number of hydrogen-bond donors (Lipinski definition) is 0. The molecule has 0 radical (unpaired) electrons. The first kappa shape index (κ1) is 14.2. The van der Waals surface area contributed by atoms with Crippen LogP contribution in [0, 0.1) is 24.2 Å². The van der Waals surface area contributed by atoms with E-state index in [-0.39, 0.29) is 5.91 Å². The Morgan fingerprint density at radius 1 is 1.61 bits per heavy atom. The first-order valence-corrected chi connectivity index (χ1v) is 6.12. The third-order valence-corrected chi connectivity index (χ3v) is 2.61. The van der Waals surface area contributed by atoms with Gasteiger partial charge >= 0.3 is 0 Å². The Morgan fingerprint density at radius 2 is 2.28 bits per heavy atom. The summed E-state index contributed by atoms with van der Waals surface area (Å²) in [6.07, 6.45) is 2.09. The van der Waals surface area contributed by atoms with E-state index in [0.717, 1.165) is 5.69 Å². The van der Waals surface area contributed by atoms with Crippen molar-refractivity contribution >= 4 is 5.91 Å². The lowest BCUT2D eigenvalue weighted by Crippen LogP contribution is -2.35. The summed E-state index contributed by atoms with van der Waals surface area (Å²) in [4.78, 5) is 14.1. The summed E-state index contributed by atoms with van der Waals surface area (Å²) in [5.41, 5.74) is 1.35. The molecule has 0 N–H and O–H groups in total. The maximum absolute atomic E-state index is 12.4. The smallest absolute Gasteiger partial charge is 0.257 e. The molecule has 0 spiro atoms. The van der Waals surface area contributed by atoms with E-state index < -0.39 is 0 Å². The fourth-order valence-electron chi connectivity index (χ4n) is 1.88. The van der Waals surface area contributed by atoms with Gasteiger partial charge in [0.25, 0.3) is 5.91 Å². The van der Waals surface area contributed by atoms with Crippen LogP contribution in [0.4, 0.5) is 0 Å². The van der Waals surface area contributed by atoms with Gasteiger partial charge in [-0.05, 0) is 12.8 Å². The zero-order valence-corrected chi connectivity index (χ0v) is 11.5. The second kappa shape index (κ2) is 6.20. The Labute approximate surface area is 108 Å². The van der Waals surface area contributed by atoms with E-state index in [0.29, 0.717) is 31.0 Å². The number of rotatable bonds is 5. The molecule has 1 aromatic heterocycles. The number of nitriles is 1. The van der Waals surface area contributed by atoms with Gasteiger partial charge in [0.05, 0.1) is 23.7 Å². The molecule has 0 fully saturated rings. The fourth-order valence-corrected chi connectivity index (χ4v) is 1.88. The zero-order chi connectivity index (χ0) is 13.7. The highest BCUT2D eigenvalue weighted by atomic mass is 16.2. The molecule has 0 saturated heterocycles. The second-order valence-electron chi connectivity index (χ2n) is 4.85. The minimum atomic E-state index is -0.0375. The molecule has 0 aliphatic heterocycles. The van der Waals surface area contributed by atoms with Gasteiger partial charge in [-0.25, -0.2) is 0 Å². The average molecular weight is 248 g/mol. The highest BCUT2D eigenvalue weighted by molar-refractivity contribution is 5.95. The van der Waals surface area contributed by atoms with Crippen molar-refractivity contribution in [3.8, 4) is 6.07 Å². The molecule has 0 unspecified atom stereocenters. The molecule has 0 saturated carbocycles. The number of nitrogens with zero attached hydrogens (tertiary/aromatic N) is 4. The van der Waals surface area contributed by atoms with Crippen molar-refractivity contribution in [3.63, 3.8) is 0 Å². The summed E-state index contributed by atoms with van der Waals surface area (Å²) in [5.74, 6) is 0.342. The van der Waals surface area contributed by atoms with Crippen LogP contribution in [0.25, 0.3) is 0 Å². The molecular formula is C13H20N4O. The van der Waals surface area contributed by atoms with Crippen LogP contribution in [0.5, 0.6) is 0 Å². The number of aromatic nitrogens is 2. The SMILES string of the molecule is Cc1nn(C)cc1C(=O)N(CCC#N)CC(C)C. The maximum Gasteiger partial charge on any atom is 0.257 e. The van der Waals surface area contributed by atoms with Crippen LogP contribution in [-0.2, 0) is 7.05 Å². The van der Waals surface area contributed by atoms with E-state index in [9.17, 15) is 4.79 Å². The maximum atomic E-state index is 12.4. The van der Waals surface area contributed by atoms with Crippen LogP contribution in [0.15, 0.2) is 6.20 Å². The Balaban J connectivity index is 2.88. The van der Waals surface area contributed by atoms with E-state index in [2.05, 4.69) is 25.0 Å². The Hall–Kier alpha value is -1.83. The molecule has 0 aliphatic rings. The quantitative estimate of drug-likeness (QED) is 0.797. The Kier molecular flexibility index (Phi) is 4.90. The molecule has 18 heavy (non-hydrogen) atoms. The van der Waals surface area contributed by atoms with Crippen LogP contribution in [0.3, 0.4) is 0 Å². The monoisotopic (exact) mass is 248 g/mol. The molecular weight excluding hydrogens is 228 g/mol. The van der Waals surface area contributed by atoms with Crippen molar-refractivity contribution in [2.45, 2.75) is 27.2 Å². The number of aryl methyl sites for hydroxylation is 2. The predicted molar refractivity (Wildman–Crippen MR) is 68.9 cm³/mol. The number of hydrogen-bond acceptors (Lipinski definition) is 3. The van der Waals surface area contributed by atoms with E-state index in [1.54, 1.807) is 22.8 Å². The molecule has 5 heteroatoms. The molecule has 0 aliphatic carbocycles. The third-order valence-electron chi connectivity index (χ3n) is 2.61. The van der Waals surface area contributed by atoms with Gasteiger partial charge < -0.3 is 4.90 Å². The van der Waals surface area contributed by atoms with Crippen molar-refractivity contribution < 1.29 is 4.79 Å². The minimum absolute atomic E-state index is 0.0375. The van der Waals surface area contributed by atoms with Crippen molar-refractivity contribution in [2.24, 2.45) is 13.0 Å². The fraction of sp³-hybridized carbons (Fsp3) is 0.615. The zero-order valence-electron chi connectivity index (χ0n) is 11.5. The topological polar surface area (TPSA) is 61.9 Å². The molecule has 0 bridgehead atoms. The highest BCUT2D eigenvalue weighted by Gasteiger charge is 2.20. The molecule has 1 rings (SSSR count). The van der Waals surface area contributed by atoms with Gasteiger partial charge in [0.15, 0.2) is 0 Å². The second-order valence-corrected chi connectivity index (χ2v) is 4.85. The summed E-state index contributed by atoms with van der Waals surface area (Å²) >= 11 is 0. The van der Waals surface area contributed by atoms with Crippen LogP contribution in [0.2, 0.25) is 0 Å². The summed E-state index contributed by atoms with van der Waals surface area (Å²) in [6, 6.07) is 2.08. The van der Waals surface area contributed by atoms with Crippen molar-refractivity contribution in [2.75, 3.05) is 13.1 Å². The van der Waals surface area contributed by atoms with Crippen molar-refractivity contribution in [3.05, 3.63) is 17.5 Å². The third kappa shape index (κ3) is 3.59. The molecule has 0 atom stereocenters. The summed E-state index contributed by atoms with van der Waals surface area (Å²) < 4.78 is 1.64. The lowest BCUT2D eigenvalue weighted by molar-refractivity contribution is 0.0739. The number of carbonyl (C=O) groups excluding carboxylic acids is 1. The first-order chi connectivity index (χ1) is 8.45. The van der Waals surface area contributed by atoms with E-state index >= 15 is 0 Å². The van der Waals surface area contributed by atoms with E-state index in [1.165, 1.54) is 0 Å². The van der Waals surface area contributed by atoms with Crippen LogP contribution in [-0.4, -0.2) is 33.7 Å². The van der Waals surface area contributed by atoms with Gasteiger partial charge in [0.1, 0.15) is 0 Å². The molecule has 1 heterocycles. The van der Waals surface area contributed by atoms with Gasteiger partial charge in [-0.2, -0.15) is 10.4 Å². The lowest BCUT2D eigenvalue weighted by Gasteiger charge is -2.23. The van der Waals surface area contributed by atoms with Gasteiger partial charge in [-0.15, -0.1) is 0 Å². The van der Waals surface area contributed by atoms with Gasteiger partial charge in [-0.1, -0.05) is 13.8 Å². The van der Waals surface area contributed by atoms with Crippen molar-refractivity contribution in [1.82, 2.24) is 14.7 Å². The Bertz CT molecular complexity index is 456. The van der Waals surface area contributed by atoms with Crippen LogP contribution < -0.4 is 0 Å². The highest BCUT2D eigenvalue weighted by Crippen LogP contribution is 2.11. The Morgan fingerprint density at radius 3 is 2.72 bits per heavy atom. The van der Waals surface area contributed by atoms with Gasteiger partial charge in [0.2, 0.25) is 0 Å². The van der Waals surface area contributed by atoms with Crippen LogP contribution >= 0.6 is 0 Å². The molecule has 0 aromatic carbocycles. The van der Waals surface area contributed by atoms with Gasteiger partial charge in [0, 0.05) is 26.3 Å². The summed E-state index contributed by atoms with van der Waals surface area (Å²) in [6.45, 7) is 7.08. The average Bonchev–Trinajstić information content (AvgIpc) is 2.62. The van der Waals surface area contributed by atoms with E-state index in [1.807, 2.05) is 6.92 Å². The summed E-state index contributed by atoms with van der Waals surface area (Å²) in [5, 5.41) is 12.8. The lowest BCUT2D eigenvalue weighted by atomic mass is 10.1. The molecule has 1 amide bonds. The minimum Gasteiger partial charge on any atom is -0.337 e. The molecule has 1 aromatic rings.